The fourth-order valence-corrected chi connectivity index (χ4v) is 4.91. The molecular weight excluding hydrogens is 422 g/mol. The minimum Gasteiger partial charge on any atom is -0.506 e. The molecule has 2 aromatic carbocycles. The van der Waals surface area contributed by atoms with E-state index < -0.39 is 0 Å². The number of phenols is 1. The first-order valence-electron chi connectivity index (χ1n) is 11.1. The Morgan fingerprint density at radius 3 is 2.47 bits per heavy atom. The summed E-state index contributed by atoms with van der Waals surface area (Å²) in [7, 11) is 4.28. The highest BCUT2D eigenvalue weighted by Gasteiger charge is 2.24. The molecule has 1 fully saturated rings. The van der Waals surface area contributed by atoms with Gasteiger partial charge in [0.2, 0.25) is 0 Å². The first-order valence-corrected chi connectivity index (χ1v) is 11.5. The maximum Gasteiger partial charge on any atom is 0.163 e. The number of aromatic nitrogens is 1. The number of aryl methyl sites for hydroxylation is 1. The number of rotatable bonds is 5. The molecule has 6 heteroatoms. The van der Waals surface area contributed by atoms with Gasteiger partial charge in [0.15, 0.2) is 5.78 Å². The summed E-state index contributed by atoms with van der Waals surface area (Å²) in [5.41, 5.74) is 4.91. The van der Waals surface area contributed by atoms with E-state index >= 15 is 0 Å². The van der Waals surface area contributed by atoms with E-state index in [4.69, 9.17) is 11.6 Å². The van der Waals surface area contributed by atoms with Gasteiger partial charge in [0.25, 0.3) is 0 Å². The van der Waals surface area contributed by atoms with E-state index in [1.807, 2.05) is 25.1 Å². The monoisotopic (exact) mass is 451 g/mol. The number of carbonyl (C=O) groups is 1. The number of fused-ring (bicyclic) bond motifs is 1. The third-order valence-electron chi connectivity index (χ3n) is 6.61. The number of nitrogens with one attached hydrogen (secondary N) is 1. The topological polar surface area (TPSA) is 65.5 Å². The molecular formula is C26H30ClN3O2. The second-order valence-electron chi connectivity index (χ2n) is 9.07. The molecule has 1 aromatic heterocycles. The third-order valence-corrected chi connectivity index (χ3v) is 6.90. The normalized spacial score (nSPS) is 18.8. The number of anilines is 1. The minimum absolute atomic E-state index is 0.00203. The van der Waals surface area contributed by atoms with Crippen molar-refractivity contribution in [3.63, 3.8) is 0 Å². The number of aromatic hydroxyl groups is 1. The molecule has 0 atom stereocenters. The van der Waals surface area contributed by atoms with Gasteiger partial charge in [-0.3, -0.25) is 9.78 Å². The van der Waals surface area contributed by atoms with Crippen molar-refractivity contribution in [3.8, 4) is 16.9 Å². The van der Waals surface area contributed by atoms with Gasteiger partial charge in [-0.1, -0.05) is 17.7 Å². The Labute approximate surface area is 194 Å². The van der Waals surface area contributed by atoms with E-state index in [1.54, 1.807) is 19.2 Å². The van der Waals surface area contributed by atoms with Crippen LogP contribution in [0.15, 0.2) is 36.5 Å². The van der Waals surface area contributed by atoms with Crippen LogP contribution in [0.3, 0.4) is 0 Å². The Morgan fingerprint density at radius 2 is 1.84 bits per heavy atom. The fraction of sp³-hybridized carbons (Fsp3) is 0.385. The molecule has 0 saturated heterocycles. The average molecular weight is 452 g/mol. The number of phenolic OH excluding ortho intramolecular Hbond substituents is 1. The summed E-state index contributed by atoms with van der Waals surface area (Å²) in [4.78, 5) is 19.3. The lowest BCUT2D eigenvalue weighted by molar-refractivity contribution is 0.101. The molecule has 5 nitrogen and oxygen atoms in total. The predicted molar refractivity (Wildman–Crippen MR) is 132 cm³/mol. The highest BCUT2D eigenvalue weighted by Crippen LogP contribution is 2.36. The summed E-state index contributed by atoms with van der Waals surface area (Å²) in [5, 5.41) is 15.0. The van der Waals surface area contributed by atoms with Crippen LogP contribution >= 0.6 is 11.6 Å². The number of benzene rings is 2. The van der Waals surface area contributed by atoms with Crippen molar-refractivity contribution in [2.75, 3.05) is 19.4 Å². The molecule has 2 N–H and O–H groups in total. The summed E-state index contributed by atoms with van der Waals surface area (Å²) >= 11 is 6.23. The molecule has 1 saturated carbocycles. The number of Topliss-reactive ketones (excluding diaryl/α,β-unsaturated/α-hetero) is 1. The second kappa shape index (κ2) is 9.08. The van der Waals surface area contributed by atoms with Crippen molar-refractivity contribution in [3.05, 3.63) is 52.7 Å². The molecule has 0 aliphatic heterocycles. The molecule has 0 amide bonds. The van der Waals surface area contributed by atoms with Crippen LogP contribution in [0.5, 0.6) is 5.75 Å². The van der Waals surface area contributed by atoms with E-state index in [-0.39, 0.29) is 11.5 Å². The SMILES string of the molecule is CC(=O)c1cnc2ccc(-c3cc(C)c(O)c(Cl)c3)cc2c1NC1CCC(N(C)C)CC1. The van der Waals surface area contributed by atoms with Gasteiger partial charge in [0.05, 0.1) is 21.8 Å². The van der Waals surface area contributed by atoms with Crippen LogP contribution in [-0.2, 0) is 0 Å². The van der Waals surface area contributed by atoms with Gasteiger partial charge in [0.1, 0.15) is 5.75 Å². The van der Waals surface area contributed by atoms with Crippen molar-refractivity contribution in [2.24, 2.45) is 0 Å². The zero-order valence-corrected chi connectivity index (χ0v) is 19.8. The summed E-state index contributed by atoms with van der Waals surface area (Å²) in [6, 6.07) is 10.6. The maximum atomic E-state index is 12.4. The number of hydrogen-bond acceptors (Lipinski definition) is 5. The molecule has 1 heterocycles. The number of carbonyl (C=O) groups excluding carboxylic acids is 1. The molecule has 1 aliphatic carbocycles. The molecule has 1 aliphatic rings. The molecule has 0 unspecified atom stereocenters. The quantitative estimate of drug-likeness (QED) is 0.462. The zero-order valence-electron chi connectivity index (χ0n) is 19.1. The molecule has 0 bridgehead atoms. The summed E-state index contributed by atoms with van der Waals surface area (Å²) < 4.78 is 0. The van der Waals surface area contributed by atoms with E-state index in [2.05, 4.69) is 35.4 Å². The average Bonchev–Trinajstić information content (AvgIpc) is 2.77. The molecule has 0 spiro atoms. The van der Waals surface area contributed by atoms with Gasteiger partial charge in [-0.15, -0.1) is 0 Å². The van der Waals surface area contributed by atoms with Crippen LogP contribution in [0.1, 0.15) is 48.5 Å². The highest BCUT2D eigenvalue weighted by atomic mass is 35.5. The van der Waals surface area contributed by atoms with Crippen molar-refractivity contribution in [1.82, 2.24) is 9.88 Å². The molecule has 0 radical (unpaired) electrons. The first kappa shape index (κ1) is 22.6. The fourth-order valence-electron chi connectivity index (χ4n) is 4.64. The Morgan fingerprint density at radius 1 is 1.12 bits per heavy atom. The van der Waals surface area contributed by atoms with Crippen LogP contribution < -0.4 is 5.32 Å². The van der Waals surface area contributed by atoms with Gasteiger partial charge in [-0.2, -0.15) is 0 Å². The van der Waals surface area contributed by atoms with Crippen molar-refractivity contribution < 1.29 is 9.90 Å². The van der Waals surface area contributed by atoms with E-state index in [9.17, 15) is 9.90 Å². The first-order chi connectivity index (χ1) is 15.2. The van der Waals surface area contributed by atoms with Gasteiger partial charge in [-0.05, 0) is 94.6 Å². The van der Waals surface area contributed by atoms with Gasteiger partial charge < -0.3 is 15.3 Å². The van der Waals surface area contributed by atoms with Gasteiger partial charge in [-0.25, -0.2) is 0 Å². The van der Waals surface area contributed by atoms with Crippen molar-refractivity contribution in [1.29, 1.82) is 0 Å². The summed E-state index contributed by atoms with van der Waals surface area (Å²) in [5.74, 6) is 0.102. The van der Waals surface area contributed by atoms with E-state index in [0.29, 0.717) is 22.7 Å². The van der Waals surface area contributed by atoms with Crippen LogP contribution in [0.25, 0.3) is 22.0 Å². The Balaban J connectivity index is 1.75. The highest BCUT2D eigenvalue weighted by molar-refractivity contribution is 6.32. The van der Waals surface area contributed by atoms with Crippen LogP contribution in [-0.4, -0.2) is 47.0 Å². The van der Waals surface area contributed by atoms with Crippen LogP contribution in [0, 0.1) is 6.92 Å². The second-order valence-corrected chi connectivity index (χ2v) is 9.48. The largest absolute Gasteiger partial charge is 0.506 e. The van der Waals surface area contributed by atoms with Crippen molar-refractivity contribution in [2.45, 2.75) is 51.6 Å². The van der Waals surface area contributed by atoms with E-state index in [1.165, 1.54) is 0 Å². The molecule has 168 valence electrons. The van der Waals surface area contributed by atoms with Crippen molar-refractivity contribution >= 4 is 34.0 Å². The number of halogens is 1. The lowest BCUT2D eigenvalue weighted by atomic mass is 9.90. The zero-order chi connectivity index (χ0) is 23.0. The minimum atomic E-state index is -0.00203. The standard InChI is InChI=1S/C26H30ClN3O2/c1-15-11-18(13-23(27)26(15)32)17-5-10-24-21(12-17)25(22(14-28-24)16(2)31)29-19-6-8-20(9-7-19)30(3)4/h5,10-14,19-20,32H,6-9H2,1-4H3,(H,28,29). The van der Waals surface area contributed by atoms with Crippen LogP contribution in [0.2, 0.25) is 5.02 Å². The van der Waals surface area contributed by atoms with Gasteiger partial charge >= 0.3 is 0 Å². The number of nitrogens with zero attached hydrogens (tertiary/aromatic N) is 2. The Hall–Kier alpha value is -2.63. The number of hydrogen-bond donors (Lipinski definition) is 2. The smallest absolute Gasteiger partial charge is 0.163 e. The third kappa shape index (κ3) is 4.45. The number of pyridine rings is 1. The van der Waals surface area contributed by atoms with Crippen LogP contribution in [0.4, 0.5) is 5.69 Å². The summed E-state index contributed by atoms with van der Waals surface area (Å²) in [6.45, 7) is 3.42. The van der Waals surface area contributed by atoms with E-state index in [0.717, 1.165) is 59.0 Å². The lowest BCUT2D eigenvalue weighted by Crippen LogP contribution is -2.36. The molecule has 3 aromatic rings. The summed E-state index contributed by atoms with van der Waals surface area (Å²) in [6.07, 6.45) is 6.09. The number of ketones is 1. The van der Waals surface area contributed by atoms with Gasteiger partial charge in [0, 0.05) is 23.7 Å². The maximum absolute atomic E-state index is 12.4. The predicted octanol–water partition coefficient (Wildman–Crippen LogP) is 6.06. The Bertz CT molecular complexity index is 1140. The lowest BCUT2D eigenvalue weighted by Gasteiger charge is -2.34. The molecule has 32 heavy (non-hydrogen) atoms. The molecule has 4 rings (SSSR count). The Kier molecular flexibility index (Phi) is 6.40.